The number of hydrogen-bond acceptors (Lipinski definition) is 5. The predicted octanol–water partition coefficient (Wildman–Crippen LogP) is 2.22. The fourth-order valence-electron chi connectivity index (χ4n) is 3.74. The highest BCUT2D eigenvalue weighted by Gasteiger charge is 2.29. The van der Waals surface area contributed by atoms with Crippen LogP contribution in [0.15, 0.2) is 48.8 Å². The van der Waals surface area contributed by atoms with Gasteiger partial charge in [-0.2, -0.15) is 0 Å². The van der Waals surface area contributed by atoms with Crippen molar-refractivity contribution in [1.82, 2.24) is 10.3 Å². The Kier molecular flexibility index (Phi) is 7.19. The normalized spacial score (nSPS) is 19.9. The topological polar surface area (TPSA) is 117 Å². The molecule has 1 aliphatic carbocycles. The Balaban J connectivity index is 1.69. The Bertz CT molecular complexity index is 820. The van der Waals surface area contributed by atoms with E-state index in [1.807, 2.05) is 6.07 Å². The van der Waals surface area contributed by atoms with Crippen molar-refractivity contribution in [2.75, 3.05) is 11.9 Å². The van der Waals surface area contributed by atoms with Gasteiger partial charge in [0.1, 0.15) is 11.8 Å². The van der Waals surface area contributed by atoms with Crippen LogP contribution >= 0.6 is 0 Å². The minimum Gasteiger partial charge on any atom is -0.508 e. The Morgan fingerprint density at radius 1 is 1.14 bits per heavy atom. The quantitative estimate of drug-likeness (QED) is 0.572. The lowest BCUT2D eigenvalue weighted by Crippen LogP contribution is -2.48. The van der Waals surface area contributed by atoms with Crippen molar-refractivity contribution in [3.8, 4) is 5.75 Å². The highest BCUT2D eigenvalue weighted by molar-refractivity contribution is 5.97. The Morgan fingerprint density at radius 3 is 2.52 bits per heavy atom. The third-order valence-electron chi connectivity index (χ3n) is 5.48. The number of anilines is 1. The van der Waals surface area contributed by atoms with Gasteiger partial charge >= 0.3 is 0 Å². The first kappa shape index (κ1) is 20.8. The summed E-state index contributed by atoms with van der Waals surface area (Å²) in [5.41, 5.74) is 7.12. The molecule has 154 valence electrons. The monoisotopic (exact) mass is 396 g/mol. The molecule has 1 aromatic heterocycles. The minimum atomic E-state index is -0.746. The second-order valence-electron chi connectivity index (χ2n) is 7.61. The van der Waals surface area contributed by atoms with E-state index in [-0.39, 0.29) is 29.9 Å². The van der Waals surface area contributed by atoms with Gasteiger partial charge in [0.25, 0.3) is 0 Å². The maximum atomic E-state index is 12.9. The number of rotatable bonds is 7. The van der Waals surface area contributed by atoms with E-state index in [0.717, 1.165) is 31.2 Å². The van der Waals surface area contributed by atoms with Crippen LogP contribution in [0.2, 0.25) is 0 Å². The zero-order chi connectivity index (χ0) is 20.6. The van der Waals surface area contributed by atoms with Crippen LogP contribution in [-0.2, 0) is 16.0 Å². The smallest absolute Gasteiger partial charge is 0.247 e. The third kappa shape index (κ3) is 6.02. The fourth-order valence-corrected chi connectivity index (χ4v) is 3.74. The first-order valence-corrected chi connectivity index (χ1v) is 10.0. The van der Waals surface area contributed by atoms with E-state index in [4.69, 9.17) is 5.73 Å². The van der Waals surface area contributed by atoms with E-state index < -0.39 is 6.04 Å². The summed E-state index contributed by atoms with van der Waals surface area (Å²) in [6.45, 7) is 0.656. The largest absolute Gasteiger partial charge is 0.508 e. The second-order valence-corrected chi connectivity index (χ2v) is 7.61. The summed E-state index contributed by atoms with van der Waals surface area (Å²) in [6, 6.07) is 9.36. The fraction of sp³-hybridized carbons (Fsp3) is 0.409. The van der Waals surface area contributed by atoms with Crippen molar-refractivity contribution in [2.24, 2.45) is 17.6 Å². The van der Waals surface area contributed by atoms with Gasteiger partial charge in [0.05, 0.1) is 0 Å². The molecule has 7 nitrogen and oxygen atoms in total. The summed E-state index contributed by atoms with van der Waals surface area (Å²) < 4.78 is 0. The summed E-state index contributed by atoms with van der Waals surface area (Å²) >= 11 is 0. The third-order valence-corrected chi connectivity index (χ3v) is 5.48. The number of hydrogen-bond donors (Lipinski definition) is 4. The zero-order valence-electron chi connectivity index (χ0n) is 16.4. The number of phenolic OH excluding ortho intramolecular Hbond substituents is 1. The maximum absolute atomic E-state index is 12.9. The summed E-state index contributed by atoms with van der Waals surface area (Å²) in [7, 11) is 0. The van der Waals surface area contributed by atoms with Gasteiger partial charge in [0.2, 0.25) is 11.8 Å². The molecule has 3 rings (SSSR count). The molecule has 0 spiro atoms. The van der Waals surface area contributed by atoms with Gasteiger partial charge in [0, 0.05) is 30.4 Å². The molecule has 0 saturated heterocycles. The Morgan fingerprint density at radius 2 is 1.86 bits per heavy atom. The highest BCUT2D eigenvalue weighted by atomic mass is 16.3. The van der Waals surface area contributed by atoms with Crippen molar-refractivity contribution in [2.45, 2.75) is 38.1 Å². The molecule has 1 atom stereocenters. The number of nitrogens with zero attached hydrogens (tertiary/aromatic N) is 1. The standard InChI is InChI=1S/C22H28N4O3/c23-14-15-4-6-17(7-5-15)21(28)26-20(13-16-2-1-3-19(27)12-16)22(29)25-18-8-10-24-11-9-18/h1-3,8-12,15,17,20,27H,4-7,13-14,23H2,(H,26,28)(H,24,25,29). The SMILES string of the molecule is NCC1CCC(C(=O)NC(Cc2cccc(O)c2)C(=O)Nc2ccncc2)CC1. The number of nitrogens with one attached hydrogen (secondary N) is 2. The number of amides is 2. The number of nitrogens with two attached hydrogens (primary N) is 1. The molecule has 7 heteroatoms. The first-order valence-electron chi connectivity index (χ1n) is 10.0. The van der Waals surface area contributed by atoms with Gasteiger partial charge in [-0.05, 0) is 68.0 Å². The van der Waals surface area contributed by atoms with Gasteiger partial charge in [-0.1, -0.05) is 12.1 Å². The molecule has 0 bridgehead atoms. The average Bonchev–Trinajstić information content (AvgIpc) is 2.74. The van der Waals surface area contributed by atoms with Crippen molar-refractivity contribution < 1.29 is 14.7 Å². The lowest BCUT2D eigenvalue weighted by atomic mass is 9.81. The van der Waals surface area contributed by atoms with Crippen molar-refractivity contribution in [3.05, 3.63) is 54.4 Å². The van der Waals surface area contributed by atoms with Gasteiger partial charge in [-0.25, -0.2) is 0 Å². The molecule has 1 aliphatic rings. The molecule has 2 aromatic rings. The molecule has 1 unspecified atom stereocenters. The molecule has 1 fully saturated rings. The van der Waals surface area contributed by atoms with Crippen LogP contribution in [0, 0.1) is 11.8 Å². The van der Waals surface area contributed by atoms with Gasteiger partial charge in [0.15, 0.2) is 0 Å². The van der Waals surface area contributed by atoms with Crippen LogP contribution in [0.25, 0.3) is 0 Å². The molecule has 29 heavy (non-hydrogen) atoms. The molecular formula is C22H28N4O3. The van der Waals surface area contributed by atoms with E-state index in [1.165, 1.54) is 0 Å². The Labute approximate surface area is 170 Å². The number of phenols is 1. The van der Waals surface area contributed by atoms with E-state index in [1.54, 1.807) is 42.7 Å². The number of carbonyl (C=O) groups is 2. The van der Waals surface area contributed by atoms with Crippen LogP contribution in [0.1, 0.15) is 31.2 Å². The molecule has 1 saturated carbocycles. The van der Waals surface area contributed by atoms with E-state index in [0.29, 0.717) is 18.2 Å². The second kappa shape index (κ2) is 10.0. The summed E-state index contributed by atoms with van der Waals surface area (Å²) in [6.07, 6.45) is 6.93. The molecule has 1 aromatic carbocycles. The van der Waals surface area contributed by atoms with Gasteiger partial charge in [-0.3, -0.25) is 14.6 Å². The van der Waals surface area contributed by atoms with Crippen LogP contribution < -0.4 is 16.4 Å². The zero-order valence-corrected chi connectivity index (χ0v) is 16.4. The highest BCUT2D eigenvalue weighted by Crippen LogP contribution is 2.28. The van der Waals surface area contributed by atoms with Crippen LogP contribution in [0.4, 0.5) is 5.69 Å². The molecule has 2 amide bonds. The summed E-state index contributed by atoms with van der Waals surface area (Å²) in [4.78, 5) is 29.7. The number of carbonyl (C=O) groups excluding carboxylic acids is 2. The predicted molar refractivity (Wildman–Crippen MR) is 111 cm³/mol. The van der Waals surface area contributed by atoms with E-state index in [9.17, 15) is 14.7 Å². The summed E-state index contributed by atoms with van der Waals surface area (Å²) in [5.74, 6) is 0.108. The van der Waals surface area contributed by atoms with E-state index in [2.05, 4.69) is 15.6 Å². The van der Waals surface area contributed by atoms with Gasteiger partial charge < -0.3 is 21.5 Å². The molecule has 5 N–H and O–H groups in total. The van der Waals surface area contributed by atoms with E-state index >= 15 is 0 Å². The van der Waals surface area contributed by atoms with Crippen molar-refractivity contribution >= 4 is 17.5 Å². The summed E-state index contributed by atoms with van der Waals surface area (Å²) in [5, 5.41) is 15.5. The molecule has 0 radical (unpaired) electrons. The van der Waals surface area contributed by atoms with Crippen LogP contribution in [0.5, 0.6) is 5.75 Å². The Hall–Kier alpha value is -2.93. The van der Waals surface area contributed by atoms with Gasteiger partial charge in [-0.15, -0.1) is 0 Å². The van der Waals surface area contributed by atoms with Crippen molar-refractivity contribution in [1.29, 1.82) is 0 Å². The van der Waals surface area contributed by atoms with Crippen LogP contribution in [0.3, 0.4) is 0 Å². The number of benzene rings is 1. The first-order chi connectivity index (χ1) is 14.0. The van der Waals surface area contributed by atoms with Crippen LogP contribution in [-0.4, -0.2) is 34.5 Å². The average molecular weight is 396 g/mol. The molecule has 1 heterocycles. The number of aromatic nitrogens is 1. The lowest BCUT2D eigenvalue weighted by Gasteiger charge is -2.28. The number of aromatic hydroxyl groups is 1. The maximum Gasteiger partial charge on any atom is 0.247 e. The molecule has 0 aliphatic heterocycles. The van der Waals surface area contributed by atoms with Crippen molar-refractivity contribution in [3.63, 3.8) is 0 Å². The lowest BCUT2D eigenvalue weighted by molar-refractivity contribution is -0.130. The minimum absolute atomic E-state index is 0.0989. The number of pyridine rings is 1. The molecular weight excluding hydrogens is 368 g/mol.